The summed E-state index contributed by atoms with van der Waals surface area (Å²) in [5.74, 6) is 0.816. The van der Waals surface area contributed by atoms with Crippen LogP contribution in [0.4, 0.5) is 0 Å². The maximum atomic E-state index is 6.11. The fourth-order valence-electron chi connectivity index (χ4n) is 2.64. The summed E-state index contributed by atoms with van der Waals surface area (Å²) < 4.78 is 6.11. The van der Waals surface area contributed by atoms with Crippen molar-refractivity contribution in [1.29, 1.82) is 0 Å². The van der Waals surface area contributed by atoms with Crippen molar-refractivity contribution in [2.45, 2.75) is 78.0 Å². The van der Waals surface area contributed by atoms with Crippen LogP contribution in [-0.2, 0) is 13.0 Å². The Morgan fingerprint density at radius 1 is 1.25 bits per heavy atom. The third-order valence-corrected chi connectivity index (χ3v) is 3.83. The van der Waals surface area contributed by atoms with Gasteiger partial charge in [0.2, 0.25) is 5.88 Å². The first-order valence-electron chi connectivity index (χ1n) is 8.07. The van der Waals surface area contributed by atoms with E-state index in [4.69, 9.17) is 4.74 Å². The average molecular weight is 276 g/mol. The lowest BCUT2D eigenvalue weighted by Crippen LogP contribution is -2.23. The molecule has 1 aromatic heterocycles. The number of hydrogen-bond donors (Lipinski definition) is 1. The van der Waals surface area contributed by atoms with Gasteiger partial charge in [-0.25, -0.2) is 4.98 Å². The van der Waals surface area contributed by atoms with Gasteiger partial charge in [-0.05, 0) is 43.7 Å². The van der Waals surface area contributed by atoms with Gasteiger partial charge in [-0.3, -0.25) is 0 Å². The number of hydrogen-bond acceptors (Lipinski definition) is 3. The second-order valence-corrected chi connectivity index (χ2v) is 6.07. The fraction of sp³-hybridized carbons (Fsp3) is 0.706. The lowest BCUT2D eigenvalue weighted by atomic mass is 9.98. The first kappa shape index (κ1) is 15.3. The molecule has 1 aliphatic carbocycles. The van der Waals surface area contributed by atoms with Gasteiger partial charge in [0.25, 0.3) is 0 Å². The number of nitrogens with zero attached hydrogens (tertiary/aromatic N) is 1. The van der Waals surface area contributed by atoms with Crippen LogP contribution in [0.15, 0.2) is 12.1 Å². The molecule has 0 radical (unpaired) electrons. The minimum Gasteiger partial charge on any atom is -0.474 e. The van der Waals surface area contributed by atoms with Crippen LogP contribution in [-0.4, -0.2) is 17.1 Å². The van der Waals surface area contributed by atoms with Crippen molar-refractivity contribution in [2.24, 2.45) is 0 Å². The first-order chi connectivity index (χ1) is 9.67. The quantitative estimate of drug-likeness (QED) is 0.857. The molecule has 112 valence electrons. The predicted octanol–water partition coefficient (Wildman–Crippen LogP) is 3.85. The Bertz CT molecular complexity index is 411. The van der Waals surface area contributed by atoms with Crippen molar-refractivity contribution in [3.8, 4) is 5.88 Å². The molecule has 1 saturated carbocycles. The van der Waals surface area contributed by atoms with Crippen LogP contribution in [0.25, 0.3) is 0 Å². The SMILES string of the molecule is CCc1cc(CNC(C)C)cc(OC2CCCCC2)n1. The predicted molar refractivity (Wildman–Crippen MR) is 83.1 cm³/mol. The van der Waals surface area contributed by atoms with Gasteiger partial charge < -0.3 is 10.1 Å². The largest absolute Gasteiger partial charge is 0.474 e. The van der Waals surface area contributed by atoms with E-state index < -0.39 is 0 Å². The molecule has 0 amide bonds. The van der Waals surface area contributed by atoms with E-state index in [-0.39, 0.29) is 0 Å². The summed E-state index contributed by atoms with van der Waals surface area (Å²) in [6.07, 6.45) is 7.62. The van der Waals surface area contributed by atoms with Crippen LogP contribution in [0.3, 0.4) is 0 Å². The third kappa shape index (κ3) is 4.78. The maximum absolute atomic E-state index is 6.11. The molecule has 0 spiro atoms. The van der Waals surface area contributed by atoms with E-state index in [0.717, 1.165) is 24.5 Å². The smallest absolute Gasteiger partial charge is 0.214 e. The topological polar surface area (TPSA) is 34.1 Å². The second-order valence-electron chi connectivity index (χ2n) is 6.07. The summed E-state index contributed by atoms with van der Waals surface area (Å²) in [7, 11) is 0. The van der Waals surface area contributed by atoms with E-state index in [2.05, 4.69) is 43.2 Å². The number of nitrogens with one attached hydrogen (secondary N) is 1. The maximum Gasteiger partial charge on any atom is 0.214 e. The van der Waals surface area contributed by atoms with Crippen molar-refractivity contribution < 1.29 is 4.74 Å². The summed E-state index contributed by atoms with van der Waals surface area (Å²) in [6, 6.07) is 4.78. The molecule has 0 bridgehead atoms. The Morgan fingerprint density at radius 2 is 2.00 bits per heavy atom. The van der Waals surface area contributed by atoms with Crippen LogP contribution in [0, 0.1) is 0 Å². The summed E-state index contributed by atoms with van der Waals surface area (Å²) in [6.45, 7) is 7.36. The highest BCUT2D eigenvalue weighted by molar-refractivity contribution is 5.25. The van der Waals surface area contributed by atoms with Crippen molar-refractivity contribution in [1.82, 2.24) is 10.3 Å². The van der Waals surface area contributed by atoms with Gasteiger partial charge >= 0.3 is 0 Å². The highest BCUT2D eigenvalue weighted by atomic mass is 16.5. The zero-order valence-corrected chi connectivity index (χ0v) is 13.1. The van der Waals surface area contributed by atoms with E-state index >= 15 is 0 Å². The van der Waals surface area contributed by atoms with Gasteiger partial charge in [-0.15, -0.1) is 0 Å². The molecular formula is C17H28N2O. The zero-order valence-electron chi connectivity index (χ0n) is 13.1. The Morgan fingerprint density at radius 3 is 2.65 bits per heavy atom. The molecule has 3 nitrogen and oxygen atoms in total. The van der Waals surface area contributed by atoms with Gasteiger partial charge in [0.05, 0.1) is 0 Å². The molecule has 0 saturated heterocycles. The van der Waals surface area contributed by atoms with Gasteiger partial charge in [-0.1, -0.05) is 27.2 Å². The van der Waals surface area contributed by atoms with Crippen LogP contribution in [0.2, 0.25) is 0 Å². The van der Waals surface area contributed by atoms with Gasteiger partial charge in [0, 0.05) is 24.3 Å². The molecular weight excluding hydrogens is 248 g/mol. The zero-order chi connectivity index (χ0) is 14.4. The van der Waals surface area contributed by atoms with Gasteiger partial charge in [-0.2, -0.15) is 0 Å². The minimum atomic E-state index is 0.370. The van der Waals surface area contributed by atoms with Crippen molar-refractivity contribution in [2.75, 3.05) is 0 Å². The van der Waals surface area contributed by atoms with Crippen LogP contribution >= 0.6 is 0 Å². The summed E-state index contributed by atoms with van der Waals surface area (Å²) in [4.78, 5) is 4.62. The van der Waals surface area contributed by atoms with Crippen LogP contribution in [0.1, 0.15) is 64.1 Å². The number of rotatable bonds is 6. The minimum absolute atomic E-state index is 0.370. The highest BCUT2D eigenvalue weighted by Crippen LogP contribution is 2.23. The Balaban J connectivity index is 2.04. The summed E-state index contributed by atoms with van der Waals surface area (Å²) in [5, 5.41) is 3.46. The van der Waals surface area contributed by atoms with E-state index in [1.807, 2.05) is 0 Å². The Labute approximate surface area is 123 Å². The Kier molecular flexibility index (Phi) is 5.84. The first-order valence-corrected chi connectivity index (χ1v) is 8.07. The van der Waals surface area contributed by atoms with Crippen molar-refractivity contribution in [3.63, 3.8) is 0 Å². The van der Waals surface area contributed by atoms with E-state index in [1.165, 1.54) is 37.7 Å². The van der Waals surface area contributed by atoms with Crippen molar-refractivity contribution in [3.05, 3.63) is 23.4 Å². The molecule has 0 atom stereocenters. The van der Waals surface area contributed by atoms with E-state index in [1.54, 1.807) is 0 Å². The summed E-state index contributed by atoms with van der Waals surface area (Å²) in [5.41, 5.74) is 2.40. The van der Waals surface area contributed by atoms with Crippen LogP contribution in [0.5, 0.6) is 5.88 Å². The molecule has 1 aromatic rings. The molecule has 1 aliphatic rings. The molecule has 1 N–H and O–H groups in total. The standard InChI is InChI=1S/C17H28N2O/c1-4-15-10-14(12-18-13(2)3)11-17(19-15)20-16-8-6-5-7-9-16/h10-11,13,16,18H,4-9,12H2,1-3H3. The number of aryl methyl sites for hydroxylation is 1. The highest BCUT2D eigenvalue weighted by Gasteiger charge is 2.16. The fourth-order valence-corrected chi connectivity index (χ4v) is 2.64. The Hall–Kier alpha value is -1.09. The number of aromatic nitrogens is 1. The molecule has 2 rings (SSSR count). The van der Waals surface area contributed by atoms with E-state index in [0.29, 0.717) is 12.1 Å². The second kappa shape index (κ2) is 7.63. The van der Waals surface area contributed by atoms with E-state index in [9.17, 15) is 0 Å². The molecule has 0 aromatic carbocycles. The molecule has 1 heterocycles. The third-order valence-electron chi connectivity index (χ3n) is 3.83. The van der Waals surface area contributed by atoms with Gasteiger partial charge in [0.1, 0.15) is 6.10 Å². The molecule has 0 aliphatic heterocycles. The lowest BCUT2D eigenvalue weighted by Gasteiger charge is -2.23. The summed E-state index contributed by atoms with van der Waals surface area (Å²) >= 11 is 0. The molecule has 1 fully saturated rings. The monoisotopic (exact) mass is 276 g/mol. The average Bonchev–Trinajstić information content (AvgIpc) is 2.46. The van der Waals surface area contributed by atoms with Crippen molar-refractivity contribution >= 4 is 0 Å². The van der Waals surface area contributed by atoms with Crippen LogP contribution < -0.4 is 10.1 Å². The normalized spacial score (nSPS) is 16.6. The van der Waals surface area contributed by atoms with Gasteiger partial charge in [0.15, 0.2) is 0 Å². The number of pyridine rings is 1. The number of ether oxygens (including phenoxy) is 1. The lowest BCUT2D eigenvalue weighted by molar-refractivity contribution is 0.148. The molecule has 0 unspecified atom stereocenters. The molecule has 20 heavy (non-hydrogen) atoms. The molecule has 3 heteroatoms.